The molecule has 0 aromatic heterocycles. The van der Waals surface area contributed by atoms with Crippen molar-refractivity contribution in [2.24, 2.45) is 0 Å². The molecule has 0 radical (unpaired) electrons. The van der Waals surface area contributed by atoms with E-state index in [2.05, 4.69) is 5.32 Å². The third kappa shape index (κ3) is 7.32. The molecule has 0 aliphatic carbocycles. The van der Waals surface area contributed by atoms with E-state index in [0.29, 0.717) is 24.7 Å². The zero-order chi connectivity index (χ0) is 18.1. The molecule has 1 rings (SSSR count). The molecule has 0 fully saturated rings. The van der Waals surface area contributed by atoms with Crippen LogP contribution >= 0.6 is 11.6 Å². The van der Waals surface area contributed by atoms with Crippen LogP contribution in [0.2, 0.25) is 5.02 Å². The Balaban J connectivity index is 2.52. The molecule has 0 aliphatic rings. The number of carbonyl (C=O) groups is 2. The monoisotopic (exact) mass is 354 g/mol. The number of rotatable bonds is 9. The number of benzene rings is 1. The van der Waals surface area contributed by atoms with E-state index in [1.807, 2.05) is 26.0 Å². The first-order valence-electron chi connectivity index (χ1n) is 8.22. The average molecular weight is 355 g/mol. The van der Waals surface area contributed by atoms with Crippen LogP contribution in [0.1, 0.15) is 39.7 Å². The lowest BCUT2D eigenvalue weighted by Crippen LogP contribution is -2.47. The molecule has 1 atom stereocenters. The first-order valence-corrected chi connectivity index (χ1v) is 8.60. The predicted molar refractivity (Wildman–Crippen MR) is 95.9 cm³/mol. The summed E-state index contributed by atoms with van der Waals surface area (Å²) in [7, 11) is 0. The Bertz CT molecular complexity index is 532. The standard InChI is InChI=1S/C18H27ClN2O3/c1-13(2)24-11-5-10-20-18(23)14(3)21(15(4)22)12-16-6-8-17(19)9-7-16/h6-9,13-14H,5,10-12H2,1-4H3,(H,20,23)/t14-/m0/s1. The Hall–Kier alpha value is -1.59. The second-order valence-corrected chi connectivity index (χ2v) is 6.45. The first-order chi connectivity index (χ1) is 11.3. The van der Waals surface area contributed by atoms with Crippen LogP contribution in [-0.4, -0.2) is 42.0 Å². The molecule has 0 bridgehead atoms. The van der Waals surface area contributed by atoms with Crippen molar-refractivity contribution in [1.82, 2.24) is 10.2 Å². The molecule has 5 nitrogen and oxygen atoms in total. The third-order valence-corrected chi connectivity index (χ3v) is 3.84. The number of nitrogens with one attached hydrogen (secondary N) is 1. The molecule has 6 heteroatoms. The van der Waals surface area contributed by atoms with E-state index in [1.165, 1.54) is 6.92 Å². The van der Waals surface area contributed by atoms with Gasteiger partial charge in [-0.05, 0) is 44.9 Å². The van der Waals surface area contributed by atoms with E-state index >= 15 is 0 Å². The first kappa shape index (κ1) is 20.5. The summed E-state index contributed by atoms with van der Waals surface area (Å²) in [6, 6.07) is 6.71. The minimum atomic E-state index is -0.538. The number of amides is 2. The Morgan fingerprint density at radius 1 is 1.21 bits per heavy atom. The quantitative estimate of drug-likeness (QED) is 0.693. The number of carbonyl (C=O) groups excluding carboxylic acids is 2. The Kier molecular flexibility index (Phi) is 8.79. The molecular formula is C18H27ClN2O3. The van der Waals surface area contributed by atoms with Gasteiger partial charge in [-0.25, -0.2) is 0 Å². The van der Waals surface area contributed by atoms with Gasteiger partial charge in [-0.3, -0.25) is 9.59 Å². The smallest absolute Gasteiger partial charge is 0.242 e. The van der Waals surface area contributed by atoms with Gasteiger partial charge in [0, 0.05) is 31.6 Å². The van der Waals surface area contributed by atoms with Crippen LogP contribution in [-0.2, 0) is 20.9 Å². The fraction of sp³-hybridized carbons (Fsp3) is 0.556. The number of nitrogens with zero attached hydrogens (tertiary/aromatic N) is 1. The summed E-state index contributed by atoms with van der Waals surface area (Å²) >= 11 is 5.87. The van der Waals surface area contributed by atoms with E-state index in [4.69, 9.17) is 16.3 Å². The molecule has 0 aliphatic heterocycles. The van der Waals surface area contributed by atoms with Crippen LogP contribution in [0.5, 0.6) is 0 Å². The van der Waals surface area contributed by atoms with Crippen molar-refractivity contribution in [3.8, 4) is 0 Å². The molecule has 0 heterocycles. The van der Waals surface area contributed by atoms with E-state index in [-0.39, 0.29) is 17.9 Å². The number of halogens is 1. The van der Waals surface area contributed by atoms with E-state index in [0.717, 1.165) is 12.0 Å². The summed E-state index contributed by atoms with van der Waals surface area (Å²) in [6.07, 6.45) is 0.931. The van der Waals surface area contributed by atoms with Gasteiger partial charge < -0.3 is 15.0 Å². The molecule has 24 heavy (non-hydrogen) atoms. The number of hydrogen-bond acceptors (Lipinski definition) is 3. The lowest BCUT2D eigenvalue weighted by Gasteiger charge is -2.27. The molecule has 1 aromatic rings. The third-order valence-electron chi connectivity index (χ3n) is 3.59. The van der Waals surface area contributed by atoms with Crippen molar-refractivity contribution >= 4 is 23.4 Å². The van der Waals surface area contributed by atoms with Crippen molar-refractivity contribution in [1.29, 1.82) is 0 Å². The molecular weight excluding hydrogens is 328 g/mol. The fourth-order valence-corrected chi connectivity index (χ4v) is 2.33. The lowest BCUT2D eigenvalue weighted by molar-refractivity contribution is -0.139. The van der Waals surface area contributed by atoms with Gasteiger partial charge in [-0.15, -0.1) is 0 Å². The highest BCUT2D eigenvalue weighted by Crippen LogP contribution is 2.13. The van der Waals surface area contributed by atoms with Crippen molar-refractivity contribution in [3.05, 3.63) is 34.9 Å². The van der Waals surface area contributed by atoms with Crippen LogP contribution in [0.25, 0.3) is 0 Å². The molecule has 134 valence electrons. The molecule has 0 unspecified atom stereocenters. The van der Waals surface area contributed by atoms with Crippen molar-refractivity contribution in [3.63, 3.8) is 0 Å². The second-order valence-electron chi connectivity index (χ2n) is 6.01. The topological polar surface area (TPSA) is 58.6 Å². The molecule has 0 saturated carbocycles. The van der Waals surface area contributed by atoms with Crippen LogP contribution in [0.15, 0.2) is 24.3 Å². The molecule has 0 spiro atoms. The van der Waals surface area contributed by atoms with Gasteiger partial charge in [-0.1, -0.05) is 23.7 Å². The largest absolute Gasteiger partial charge is 0.379 e. The fourth-order valence-electron chi connectivity index (χ4n) is 2.20. The summed E-state index contributed by atoms with van der Waals surface area (Å²) in [5, 5.41) is 3.49. The van der Waals surface area contributed by atoms with Crippen molar-refractivity contribution in [2.75, 3.05) is 13.2 Å². The minimum absolute atomic E-state index is 0.143. The van der Waals surface area contributed by atoms with E-state index in [1.54, 1.807) is 24.0 Å². The number of hydrogen-bond donors (Lipinski definition) is 1. The SMILES string of the molecule is CC(=O)N(Cc1ccc(Cl)cc1)[C@@H](C)C(=O)NCCCOC(C)C. The van der Waals surface area contributed by atoms with Crippen LogP contribution < -0.4 is 5.32 Å². The Labute approximate surface area is 149 Å². The van der Waals surface area contributed by atoms with E-state index < -0.39 is 6.04 Å². The van der Waals surface area contributed by atoms with Gasteiger partial charge >= 0.3 is 0 Å². The zero-order valence-electron chi connectivity index (χ0n) is 14.8. The molecule has 2 amide bonds. The highest BCUT2D eigenvalue weighted by atomic mass is 35.5. The normalized spacial score (nSPS) is 12.1. The lowest BCUT2D eigenvalue weighted by atomic mass is 10.1. The van der Waals surface area contributed by atoms with Crippen LogP contribution in [0, 0.1) is 0 Å². The Morgan fingerprint density at radius 3 is 2.38 bits per heavy atom. The summed E-state index contributed by atoms with van der Waals surface area (Å²) in [6.45, 7) is 8.66. The van der Waals surface area contributed by atoms with Crippen LogP contribution in [0.3, 0.4) is 0 Å². The summed E-state index contributed by atoms with van der Waals surface area (Å²) < 4.78 is 5.43. The zero-order valence-corrected chi connectivity index (χ0v) is 15.6. The summed E-state index contributed by atoms with van der Waals surface area (Å²) in [4.78, 5) is 25.7. The molecule has 1 aromatic carbocycles. The van der Waals surface area contributed by atoms with Crippen molar-refractivity contribution in [2.45, 2.75) is 52.8 Å². The highest BCUT2D eigenvalue weighted by molar-refractivity contribution is 6.30. The van der Waals surface area contributed by atoms with Gasteiger partial charge in [0.15, 0.2) is 0 Å². The van der Waals surface area contributed by atoms with Gasteiger partial charge in [0.25, 0.3) is 0 Å². The Morgan fingerprint density at radius 2 is 1.83 bits per heavy atom. The van der Waals surface area contributed by atoms with Crippen LogP contribution in [0.4, 0.5) is 0 Å². The molecule has 1 N–H and O–H groups in total. The maximum Gasteiger partial charge on any atom is 0.242 e. The predicted octanol–water partition coefficient (Wildman–Crippen LogP) is 3.01. The average Bonchev–Trinajstić information content (AvgIpc) is 2.52. The maximum absolute atomic E-state index is 12.3. The number of ether oxygens (including phenoxy) is 1. The van der Waals surface area contributed by atoms with Crippen molar-refractivity contribution < 1.29 is 14.3 Å². The minimum Gasteiger partial charge on any atom is -0.379 e. The van der Waals surface area contributed by atoms with Gasteiger partial charge in [0.2, 0.25) is 11.8 Å². The molecule has 0 saturated heterocycles. The van der Waals surface area contributed by atoms with Gasteiger partial charge in [-0.2, -0.15) is 0 Å². The van der Waals surface area contributed by atoms with Gasteiger partial charge in [0.05, 0.1) is 6.10 Å². The summed E-state index contributed by atoms with van der Waals surface area (Å²) in [5.74, 6) is -0.306. The highest BCUT2D eigenvalue weighted by Gasteiger charge is 2.23. The van der Waals surface area contributed by atoms with E-state index in [9.17, 15) is 9.59 Å². The second kappa shape index (κ2) is 10.3. The van der Waals surface area contributed by atoms with Gasteiger partial charge in [0.1, 0.15) is 6.04 Å². The maximum atomic E-state index is 12.3. The summed E-state index contributed by atoms with van der Waals surface area (Å²) in [5.41, 5.74) is 0.930.